The van der Waals surface area contributed by atoms with Gasteiger partial charge in [0.15, 0.2) is 0 Å². The molecule has 0 aliphatic heterocycles. The van der Waals surface area contributed by atoms with Crippen molar-refractivity contribution in [3.63, 3.8) is 0 Å². The minimum Gasteiger partial charge on any atom is -0.377 e. The fourth-order valence-electron chi connectivity index (χ4n) is 1.98. The highest BCUT2D eigenvalue weighted by molar-refractivity contribution is 6.21. The summed E-state index contributed by atoms with van der Waals surface area (Å²) >= 11 is 6.19. The molecule has 98 valence electrons. The van der Waals surface area contributed by atoms with Crippen molar-refractivity contribution in [1.29, 1.82) is 0 Å². The molecule has 1 saturated carbocycles. The molecule has 0 saturated heterocycles. The van der Waals surface area contributed by atoms with Gasteiger partial charge in [-0.15, -0.1) is 11.6 Å². The van der Waals surface area contributed by atoms with Crippen LogP contribution in [0.3, 0.4) is 0 Å². The van der Waals surface area contributed by atoms with Crippen molar-refractivity contribution in [3.8, 4) is 0 Å². The Hall–Kier alpha value is -0.540. The molecule has 1 N–H and O–H groups in total. The number of hydrogen-bond donors (Lipinski definition) is 1. The van der Waals surface area contributed by atoms with E-state index in [0.717, 1.165) is 32.3 Å². The van der Waals surface area contributed by atoms with Gasteiger partial charge in [0.25, 0.3) is 0 Å². The number of hydrogen-bond acceptors (Lipinski definition) is 2. The zero-order valence-electron chi connectivity index (χ0n) is 10.3. The molecule has 0 aromatic carbocycles. The number of rotatable bonds is 7. The third kappa shape index (κ3) is 6.08. The van der Waals surface area contributed by atoms with Gasteiger partial charge < -0.3 is 10.1 Å². The molecule has 0 bridgehead atoms. The maximum absolute atomic E-state index is 10.9. The SMILES string of the molecule is C=CC(=O)NCCCCOC1CCCCC1Cl. The molecule has 2 atom stereocenters. The minimum atomic E-state index is -0.112. The van der Waals surface area contributed by atoms with Gasteiger partial charge in [-0.3, -0.25) is 4.79 Å². The molecule has 2 unspecified atom stereocenters. The van der Waals surface area contributed by atoms with E-state index in [0.29, 0.717) is 6.54 Å². The predicted octanol–water partition coefficient (Wildman–Crippen LogP) is 2.64. The fraction of sp³-hybridized carbons (Fsp3) is 0.769. The van der Waals surface area contributed by atoms with Crippen LogP contribution in [0.4, 0.5) is 0 Å². The lowest BCUT2D eigenvalue weighted by molar-refractivity contribution is -0.116. The maximum Gasteiger partial charge on any atom is 0.243 e. The summed E-state index contributed by atoms with van der Waals surface area (Å²) in [6, 6.07) is 0. The van der Waals surface area contributed by atoms with Crippen molar-refractivity contribution in [2.45, 2.75) is 50.0 Å². The monoisotopic (exact) mass is 259 g/mol. The van der Waals surface area contributed by atoms with Crippen molar-refractivity contribution in [3.05, 3.63) is 12.7 Å². The summed E-state index contributed by atoms with van der Waals surface area (Å²) in [5.41, 5.74) is 0. The van der Waals surface area contributed by atoms with E-state index in [1.807, 2.05) is 0 Å². The van der Waals surface area contributed by atoms with Gasteiger partial charge in [0.05, 0.1) is 11.5 Å². The first-order chi connectivity index (χ1) is 8.24. The molecule has 0 aromatic rings. The van der Waals surface area contributed by atoms with Gasteiger partial charge >= 0.3 is 0 Å². The summed E-state index contributed by atoms with van der Waals surface area (Å²) in [5.74, 6) is -0.112. The lowest BCUT2D eigenvalue weighted by Gasteiger charge is -2.27. The normalized spacial score (nSPS) is 24.3. The average Bonchev–Trinajstić information content (AvgIpc) is 2.35. The Labute approximate surface area is 109 Å². The number of ether oxygens (including phenoxy) is 1. The van der Waals surface area contributed by atoms with E-state index >= 15 is 0 Å². The molecule has 0 radical (unpaired) electrons. The van der Waals surface area contributed by atoms with Gasteiger partial charge in [-0.05, 0) is 31.8 Å². The lowest BCUT2D eigenvalue weighted by atomic mass is 9.97. The molecule has 1 amide bonds. The van der Waals surface area contributed by atoms with Crippen LogP contribution in [-0.4, -0.2) is 30.5 Å². The molecule has 17 heavy (non-hydrogen) atoms. The molecule has 0 aromatic heterocycles. The lowest BCUT2D eigenvalue weighted by Crippen LogP contribution is -2.29. The van der Waals surface area contributed by atoms with E-state index in [-0.39, 0.29) is 17.4 Å². The quantitative estimate of drug-likeness (QED) is 0.434. The Bertz CT molecular complexity index is 246. The largest absolute Gasteiger partial charge is 0.377 e. The average molecular weight is 260 g/mol. The molecule has 1 fully saturated rings. The number of carbonyl (C=O) groups is 1. The molecular weight excluding hydrogens is 238 g/mol. The van der Waals surface area contributed by atoms with Gasteiger partial charge in [-0.25, -0.2) is 0 Å². The number of alkyl halides is 1. The van der Waals surface area contributed by atoms with E-state index in [9.17, 15) is 4.79 Å². The molecule has 0 heterocycles. The van der Waals surface area contributed by atoms with Crippen LogP contribution in [0.2, 0.25) is 0 Å². The molecule has 0 spiro atoms. The van der Waals surface area contributed by atoms with E-state index < -0.39 is 0 Å². The molecular formula is C13H22ClNO2. The Morgan fingerprint density at radius 1 is 1.41 bits per heavy atom. The molecule has 3 nitrogen and oxygen atoms in total. The smallest absolute Gasteiger partial charge is 0.243 e. The first-order valence-electron chi connectivity index (χ1n) is 6.40. The molecule has 1 aliphatic rings. The van der Waals surface area contributed by atoms with E-state index in [1.165, 1.54) is 18.9 Å². The van der Waals surface area contributed by atoms with Crippen LogP contribution in [0.1, 0.15) is 38.5 Å². The molecule has 4 heteroatoms. The van der Waals surface area contributed by atoms with Crippen LogP contribution in [0.15, 0.2) is 12.7 Å². The van der Waals surface area contributed by atoms with E-state index in [1.54, 1.807) is 0 Å². The summed E-state index contributed by atoms with van der Waals surface area (Å²) in [6.07, 6.45) is 8.01. The third-order valence-corrected chi connectivity index (χ3v) is 3.51. The standard InChI is InChI=1S/C13H22ClNO2/c1-2-13(16)15-9-5-6-10-17-12-8-4-3-7-11(12)14/h2,11-12H,1,3-10H2,(H,15,16). The molecule has 1 aliphatic carbocycles. The fourth-order valence-corrected chi connectivity index (χ4v) is 2.34. The summed E-state index contributed by atoms with van der Waals surface area (Å²) < 4.78 is 5.76. The van der Waals surface area contributed by atoms with Gasteiger partial charge in [-0.1, -0.05) is 19.4 Å². The van der Waals surface area contributed by atoms with Crippen LogP contribution in [0, 0.1) is 0 Å². The predicted molar refractivity (Wildman–Crippen MR) is 70.3 cm³/mol. The van der Waals surface area contributed by atoms with Crippen LogP contribution in [-0.2, 0) is 9.53 Å². The second-order valence-electron chi connectivity index (χ2n) is 4.41. The zero-order valence-corrected chi connectivity index (χ0v) is 11.0. The summed E-state index contributed by atoms with van der Waals surface area (Å²) in [4.78, 5) is 10.9. The summed E-state index contributed by atoms with van der Waals surface area (Å²) in [6.45, 7) is 4.81. The molecule has 1 rings (SSSR count). The Morgan fingerprint density at radius 2 is 2.18 bits per heavy atom. The van der Waals surface area contributed by atoms with Crippen LogP contribution in [0.25, 0.3) is 0 Å². The van der Waals surface area contributed by atoms with E-state index in [2.05, 4.69) is 11.9 Å². The number of amides is 1. The van der Waals surface area contributed by atoms with Crippen molar-refractivity contribution >= 4 is 17.5 Å². The topological polar surface area (TPSA) is 38.3 Å². The van der Waals surface area contributed by atoms with Gasteiger partial charge in [-0.2, -0.15) is 0 Å². The van der Waals surface area contributed by atoms with Crippen LogP contribution < -0.4 is 5.32 Å². The number of nitrogens with one attached hydrogen (secondary N) is 1. The maximum atomic E-state index is 10.9. The number of halogens is 1. The van der Waals surface area contributed by atoms with Gasteiger partial charge in [0.1, 0.15) is 0 Å². The Balaban J connectivity index is 1.96. The van der Waals surface area contributed by atoms with Gasteiger partial charge in [0.2, 0.25) is 5.91 Å². The summed E-state index contributed by atoms with van der Waals surface area (Å²) in [5, 5.41) is 2.93. The second kappa shape index (κ2) is 8.54. The zero-order chi connectivity index (χ0) is 12.5. The highest BCUT2D eigenvalue weighted by atomic mass is 35.5. The highest BCUT2D eigenvalue weighted by Gasteiger charge is 2.23. The summed E-state index contributed by atoms with van der Waals surface area (Å²) in [7, 11) is 0. The van der Waals surface area contributed by atoms with Crippen LogP contribution in [0.5, 0.6) is 0 Å². The van der Waals surface area contributed by atoms with Crippen molar-refractivity contribution in [1.82, 2.24) is 5.32 Å². The van der Waals surface area contributed by atoms with Crippen molar-refractivity contribution in [2.24, 2.45) is 0 Å². The minimum absolute atomic E-state index is 0.112. The van der Waals surface area contributed by atoms with Crippen LogP contribution >= 0.6 is 11.6 Å². The Morgan fingerprint density at radius 3 is 2.88 bits per heavy atom. The van der Waals surface area contributed by atoms with Gasteiger partial charge in [0, 0.05) is 13.2 Å². The van der Waals surface area contributed by atoms with Crippen molar-refractivity contribution < 1.29 is 9.53 Å². The number of carbonyl (C=O) groups excluding carboxylic acids is 1. The Kier molecular flexibility index (Phi) is 7.29. The highest BCUT2D eigenvalue weighted by Crippen LogP contribution is 2.25. The first kappa shape index (κ1) is 14.5. The number of unbranched alkanes of at least 4 members (excludes halogenated alkanes) is 1. The second-order valence-corrected chi connectivity index (χ2v) is 4.97. The first-order valence-corrected chi connectivity index (χ1v) is 6.83. The third-order valence-electron chi connectivity index (χ3n) is 3.01. The van der Waals surface area contributed by atoms with Crippen molar-refractivity contribution in [2.75, 3.05) is 13.2 Å². The van der Waals surface area contributed by atoms with E-state index in [4.69, 9.17) is 16.3 Å².